The summed E-state index contributed by atoms with van der Waals surface area (Å²) in [6.07, 6.45) is 0.895. The number of nitriles is 1. The quantitative estimate of drug-likeness (QED) is 0.451. The molecule has 0 aromatic rings. The summed E-state index contributed by atoms with van der Waals surface area (Å²) in [6, 6.07) is 2.01. The molecule has 14 heavy (non-hydrogen) atoms. The van der Waals surface area contributed by atoms with Gasteiger partial charge >= 0.3 is 5.97 Å². The van der Waals surface area contributed by atoms with Gasteiger partial charge in [-0.05, 0) is 6.42 Å². The van der Waals surface area contributed by atoms with Gasteiger partial charge in [-0.2, -0.15) is 5.26 Å². The molecule has 0 rings (SSSR count). The fourth-order valence-corrected chi connectivity index (χ4v) is 1.06. The van der Waals surface area contributed by atoms with Crippen LogP contribution in [-0.2, 0) is 9.53 Å². The van der Waals surface area contributed by atoms with Gasteiger partial charge in [0.2, 0.25) is 0 Å². The van der Waals surface area contributed by atoms with Crippen molar-refractivity contribution in [2.75, 3.05) is 33.4 Å². The average Bonchev–Trinajstić information content (AvgIpc) is 2.14. The van der Waals surface area contributed by atoms with Crippen molar-refractivity contribution in [2.45, 2.75) is 12.8 Å². The molecule has 0 aliphatic heterocycles. The summed E-state index contributed by atoms with van der Waals surface area (Å²) in [7, 11) is 1.62. The van der Waals surface area contributed by atoms with Crippen LogP contribution in [0.25, 0.3) is 0 Å². The first-order valence-corrected chi connectivity index (χ1v) is 4.50. The summed E-state index contributed by atoms with van der Waals surface area (Å²) in [5.74, 6) is -0.834. The predicted molar refractivity (Wildman–Crippen MR) is 50.8 cm³/mol. The van der Waals surface area contributed by atoms with Gasteiger partial charge in [0.25, 0.3) is 0 Å². The number of hydrogen-bond acceptors (Lipinski definition) is 4. The van der Waals surface area contributed by atoms with Crippen LogP contribution < -0.4 is 0 Å². The molecule has 0 saturated heterocycles. The van der Waals surface area contributed by atoms with Gasteiger partial charge in [0.05, 0.1) is 19.0 Å². The lowest BCUT2D eigenvalue weighted by molar-refractivity contribution is -0.137. The Hall–Kier alpha value is -1.12. The highest BCUT2D eigenvalue weighted by Gasteiger charge is 2.06. The Balaban J connectivity index is 3.66. The molecule has 0 unspecified atom stereocenters. The summed E-state index contributed by atoms with van der Waals surface area (Å²) < 4.78 is 4.87. The normalized spacial score (nSPS) is 10.1. The first-order chi connectivity index (χ1) is 6.70. The Bertz CT molecular complexity index is 201. The van der Waals surface area contributed by atoms with E-state index in [4.69, 9.17) is 15.1 Å². The maximum Gasteiger partial charge on any atom is 0.304 e. The predicted octanol–water partition coefficient (Wildman–Crippen LogP) is 0.323. The molecule has 0 amide bonds. The molecule has 0 aliphatic carbocycles. The van der Waals surface area contributed by atoms with Gasteiger partial charge in [-0.15, -0.1) is 0 Å². The Morgan fingerprint density at radius 1 is 1.57 bits per heavy atom. The van der Waals surface area contributed by atoms with Gasteiger partial charge in [-0.25, -0.2) is 0 Å². The lowest BCUT2D eigenvalue weighted by Crippen LogP contribution is -2.28. The minimum Gasteiger partial charge on any atom is -0.481 e. The topological polar surface area (TPSA) is 73.6 Å². The molecule has 0 saturated carbocycles. The lowest BCUT2D eigenvalue weighted by atomic mass is 10.3. The SMILES string of the molecule is COCCCN(CC#N)CCC(=O)O. The molecule has 5 nitrogen and oxygen atoms in total. The van der Waals surface area contributed by atoms with Gasteiger partial charge in [-0.1, -0.05) is 0 Å². The zero-order valence-electron chi connectivity index (χ0n) is 8.40. The number of carboxylic acids is 1. The third-order valence-electron chi connectivity index (χ3n) is 1.76. The van der Waals surface area contributed by atoms with Crippen LogP contribution in [0.2, 0.25) is 0 Å². The molecular formula is C9H16N2O3. The molecule has 0 radical (unpaired) electrons. The van der Waals surface area contributed by atoms with E-state index in [0.29, 0.717) is 19.7 Å². The monoisotopic (exact) mass is 200 g/mol. The van der Waals surface area contributed by atoms with Gasteiger partial charge < -0.3 is 9.84 Å². The maximum atomic E-state index is 10.3. The van der Waals surface area contributed by atoms with Crippen LogP contribution in [0.5, 0.6) is 0 Å². The highest BCUT2D eigenvalue weighted by Crippen LogP contribution is 1.94. The fourth-order valence-electron chi connectivity index (χ4n) is 1.06. The Morgan fingerprint density at radius 2 is 2.29 bits per heavy atom. The third kappa shape index (κ3) is 7.53. The number of carbonyl (C=O) groups is 1. The van der Waals surface area contributed by atoms with Crippen LogP contribution in [0, 0.1) is 11.3 Å². The molecule has 0 bridgehead atoms. The van der Waals surface area contributed by atoms with E-state index in [1.807, 2.05) is 11.0 Å². The fraction of sp³-hybridized carbons (Fsp3) is 0.778. The minimum atomic E-state index is -0.834. The summed E-state index contributed by atoms with van der Waals surface area (Å²) in [5, 5.41) is 17.0. The first kappa shape index (κ1) is 12.9. The molecule has 1 N–H and O–H groups in total. The second kappa shape index (κ2) is 8.48. The number of rotatable bonds is 8. The van der Waals surface area contributed by atoms with E-state index in [1.165, 1.54) is 0 Å². The maximum absolute atomic E-state index is 10.3. The van der Waals surface area contributed by atoms with Gasteiger partial charge in [0.15, 0.2) is 0 Å². The number of carboxylic acid groups (broad SMARTS) is 1. The molecule has 0 aliphatic rings. The van der Waals surface area contributed by atoms with E-state index in [0.717, 1.165) is 6.42 Å². The Kier molecular flexibility index (Phi) is 7.80. The third-order valence-corrected chi connectivity index (χ3v) is 1.76. The highest BCUT2D eigenvalue weighted by molar-refractivity contribution is 5.66. The molecule has 0 aromatic heterocycles. The number of nitrogens with zero attached hydrogens (tertiary/aromatic N) is 2. The van der Waals surface area contributed by atoms with Crippen LogP contribution in [0.1, 0.15) is 12.8 Å². The van der Waals surface area contributed by atoms with Crippen molar-refractivity contribution in [3.8, 4) is 6.07 Å². The van der Waals surface area contributed by atoms with Gasteiger partial charge in [-0.3, -0.25) is 9.69 Å². The summed E-state index contributed by atoms with van der Waals surface area (Å²) >= 11 is 0. The zero-order chi connectivity index (χ0) is 10.8. The standard InChI is InChI=1S/C9H16N2O3/c1-14-8-2-5-11(7-4-10)6-3-9(12)13/h2-3,5-8H2,1H3,(H,12,13). The van der Waals surface area contributed by atoms with E-state index in [-0.39, 0.29) is 13.0 Å². The van der Waals surface area contributed by atoms with Gasteiger partial charge in [0, 0.05) is 26.8 Å². The van der Waals surface area contributed by atoms with Crippen LogP contribution in [0.4, 0.5) is 0 Å². The van der Waals surface area contributed by atoms with Crippen LogP contribution >= 0.6 is 0 Å². The molecular weight excluding hydrogens is 184 g/mol. The summed E-state index contributed by atoms with van der Waals surface area (Å²) in [4.78, 5) is 12.1. The van der Waals surface area contributed by atoms with E-state index >= 15 is 0 Å². The van der Waals surface area contributed by atoms with E-state index < -0.39 is 5.97 Å². The van der Waals surface area contributed by atoms with Crippen molar-refractivity contribution in [1.82, 2.24) is 4.90 Å². The number of aliphatic carboxylic acids is 1. The molecule has 5 heteroatoms. The zero-order valence-corrected chi connectivity index (χ0v) is 8.40. The van der Waals surface area contributed by atoms with Crippen molar-refractivity contribution in [2.24, 2.45) is 0 Å². The van der Waals surface area contributed by atoms with E-state index in [9.17, 15) is 4.79 Å². The lowest BCUT2D eigenvalue weighted by Gasteiger charge is -2.17. The summed E-state index contributed by atoms with van der Waals surface area (Å²) in [6.45, 7) is 2.04. The second-order valence-corrected chi connectivity index (χ2v) is 2.92. The Morgan fingerprint density at radius 3 is 2.79 bits per heavy atom. The number of ether oxygens (including phenoxy) is 1. The Labute approximate surface area is 83.9 Å². The number of hydrogen-bond donors (Lipinski definition) is 1. The highest BCUT2D eigenvalue weighted by atomic mass is 16.5. The van der Waals surface area contributed by atoms with Crippen LogP contribution in [-0.4, -0.2) is 49.3 Å². The van der Waals surface area contributed by atoms with E-state index in [1.54, 1.807) is 7.11 Å². The van der Waals surface area contributed by atoms with Crippen molar-refractivity contribution in [3.63, 3.8) is 0 Å². The molecule has 0 spiro atoms. The second-order valence-electron chi connectivity index (χ2n) is 2.92. The van der Waals surface area contributed by atoms with Crippen molar-refractivity contribution in [3.05, 3.63) is 0 Å². The van der Waals surface area contributed by atoms with E-state index in [2.05, 4.69) is 0 Å². The number of methoxy groups -OCH3 is 1. The summed E-state index contributed by atoms with van der Waals surface area (Å²) in [5.41, 5.74) is 0. The molecule has 80 valence electrons. The van der Waals surface area contributed by atoms with Crippen LogP contribution in [0.15, 0.2) is 0 Å². The molecule has 0 heterocycles. The van der Waals surface area contributed by atoms with Crippen LogP contribution in [0.3, 0.4) is 0 Å². The molecule has 0 fully saturated rings. The van der Waals surface area contributed by atoms with Crippen molar-refractivity contribution >= 4 is 5.97 Å². The minimum absolute atomic E-state index is 0.0780. The average molecular weight is 200 g/mol. The van der Waals surface area contributed by atoms with Crippen molar-refractivity contribution < 1.29 is 14.6 Å². The van der Waals surface area contributed by atoms with Crippen molar-refractivity contribution in [1.29, 1.82) is 5.26 Å². The molecule has 0 aromatic carbocycles. The first-order valence-electron chi connectivity index (χ1n) is 4.50. The van der Waals surface area contributed by atoms with Gasteiger partial charge in [0.1, 0.15) is 0 Å². The smallest absolute Gasteiger partial charge is 0.304 e. The largest absolute Gasteiger partial charge is 0.481 e. The molecule has 0 atom stereocenters.